The van der Waals surface area contributed by atoms with Crippen LogP contribution >= 0.6 is 0 Å². The maximum absolute atomic E-state index is 12.1. The molecule has 3 aromatic carbocycles. The molecule has 3 rings (SSSR count). The van der Waals surface area contributed by atoms with E-state index >= 15 is 0 Å². The number of benzene rings is 3. The summed E-state index contributed by atoms with van der Waals surface area (Å²) in [5, 5.41) is 5.33. The van der Waals surface area contributed by atoms with Gasteiger partial charge in [0, 0.05) is 11.3 Å². The van der Waals surface area contributed by atoms with Crippen molar-refractivity contribution in [3.05, 3.63) is 83.9 Å². The average molecular weight is 390 g/mol. The molecule has 148 valence electrons. The van der Waals surface area contributed by atoms with Gasteiger partial charge in [0.2, 0.25) is 5.91 Å². The molecule has 29 heavy (non-hydrogen) atoms. The van der Waals surface area contributed by atoms with Gasteiger partial charge >= 0.3 is 0 Å². The van der Waals surface area contributed by atoms with E-state index in [-0.39, 0.29) is 18.4 Å². The molecule has 2 N–H and O–H groups in total. The zero-order valence-corrected chi connectivity index (χ0v) is 16.3. The van der Waals surface area contributed by atoms with Gasteiger partial charge in [-0.1, -0.05) is 12.1 Å². The smallest absolute Gasteiger partial charge is 0.251 e. The number of hydrogen-bond acceptors (Lipinski definition) is 4. The molecule has 0 atom stereocenters. The van der Waals surface area contributed by atoms with E-state index in [0.29, 0.717) is 22.7 Å². The summed E-state index contributed by atoms with van der Waals surface area (Å²) in [7, 11) is 1.56. The summed E-state index contributed by atoms with van der Waals surface area (Å²) in [6, 6.07) is 21.4. The third-order valence-electron chi connectivity index (χ3n) is 4.13. The number of rotatable bonds is 7. The van der Waals surface area contributed by atoms with Gasteiger partial charge in [-0.15, -0.1) is 0 Å². The lowest BCUT2D eigenvalue weighted by atomic mass is 10.2. The molecule has 6 nitrogen and oxygen atoms in total. The summed E-state index contributed by atoms with van der Waals surface area (Å²) in [6.45, 7) is 1.87. The highest BCUT2D eigenvalue weighted by Crippen LogP contribution is 2.23. The predicted octanol–water partition coefficient (Wildman–Crippen LogP) is 4.16. The average Bonchev–Trinajstić information content (AvgIpc) is 2.73. The molecule has 0 heterocycles. The number of hydrogen-bond donors (Lipinski definition) is 2. The third kappa shape index (κ3) is 5.84. The van der Waals surface area contributed by atoms with Crippen LogP contribution in [0.5, 0.6) is 17.2 Å². The van der Waals surface area contributed by atoms with E-state index in [1.165, 1.54) is 0 Å². The lowest BCUT2D eigenvalue weighted by molar-refractivity contribution is -0.115. The first-order valence-electron chi connectivity index (χ1n) is 9.10. The van der Waals surface area contributed by atoms with Crippen molar-refractivity contribution in [1.29, 1.82) is 0 Å². The van der Waals surface area contributed by atoms with Gasteiger partial charge in [0.15, 0.2) is 0 Å². The van der Waals surface area contributed by atoms with Gasteiger partial charge in [0.1, 0.15) is 17.2 Å². The molecule has 0 saturated carbocycles. The second-order valence-electron chi connectivity index (χ2n) is 6.40. The molecule has 0 bridgehead atoms. The van der Waals surface area contributed by atoms with Gasteiger partial charge in [-0.05, 0) is 73.2 Å². The SMILES string of the molecule is COc1ccc(C(=O)NCC(=O)Nc2ccc(Oc3cccc(C)c3)cc2)cc1. The molecule has 0 aliphatic carbocycles. The Morgan fingerprint density at radius 2 is 1.55 bits per heavy atom. The van der Waals surface area contributed by atoms with Crippen LogP contribution in [0.3, 0.4) is 0 Å². The number of carbonyl (C=O) groups excluding carboxylic acids is 2. The van der Waals surface area contributed by atoms with Crippen molar-refractivity contribution >= 4 is 17.5 Å². The van der Waals surface area contributed by atoms with E-state index in [2.05, 4.69) is 10.6 Å². The van der Waals surface area contributed by atoms with Crippen LogP contribution in [0, 0.1) is 6.92 Å². The number of methoxy groups -OCH3 is 1. The fraction of sp³-hybridized carbons (Fsp3) is 0.130. The molecule has 0 saturated heterocycles. The van der Waals surface area contributed by atoms with Crippen molar-refractivity contribution < 1.29 is 19.1 Å². The van der Waals surface area contributed by atoms with Gasteiger partial charge in [-0.3, -0.25) is 9.59 Å². The predicted molar refractivity (Wildman–Crippen MR) is 112 cm³/mol. The van der Waals surface area contributed by atoms with Crippen LogP contribution in [0.4, 0.5) is 5.69 Å². The molecule has 0 radical (unpaired) electrons. The first-order chi connectivity index (χ1) is 14.0. The maximum atomic E-state index is 12.1. The highest BCUT2D eigenvalue weighted by molar-refractivity contribution is 5.99. The molecule has 6 heteroatoms. The van der Waals surface area contributed by atoms with E-state index in [1.54, 1.807) is 55.6 Å². The zero-order chi connectivity index (χ0) is 20.6. The topological polar surface area (TPSA) is 76.7 Å². The second kappa shape index (κ2) is 9.41. The summed E-state index contributed by atoms with van der Waals surface area (Å²) in [6.07, 6.45) is 0. The second-order valence-corrected chi connectivity index (χ2v) is 6.40. The van der Waals surface area contributed by atoms with Crippen molar-refractivity contribution in [2.24, 2.45) is 0 Å². The van der Waals surface area contributed by atoms with Crippen molar-refractivity contribution in [3.8, 4) is 17.2 Å². The molecule has 0 aliphatic rings. The molecule has 0 spiro atoms. The number of carbonyl (C=O) groups is 2. The summed E-state index contributed by atoms with van der Waals surface area (Å²) in [5.74, 6) is 1.43. The van der Waals surface area contributed by atoms with Gasteiger partial charge in [0.25, 0.3) is 5.91 Å². The first-order valence-corrected chi connectivity index (χ1v) is 9.10. The van der Waals surface area contributed by atoms with E-state index in [1.807, 2.05) is 31.2 Å². The highest BCUT2D eigenvalue weighted by Gasteiger charge is 2.09. The van der Waals surface area contributed by atoms with Crippen molar-refractivity contribution in [2.75, 3.05) is 19.0 Å². The maximum Gasteiger partial charge on any atom is 0.251 e. The summed E-state index contributed by atoms with van der Waals surface area (Å²) < 4.78 is 10.8. The molecular weight excluding hydrogens is 368 g/mol. The Morgan fingerprint density at radius 3 is 2.21 bits per heavy atom. The number of nitrogens with one attached hydrogen (secondary N) is 2. The fourth-order valence-corrected chi connectivity index (χ4v) is 2.63. The van der Waals surface area contributed by atoms with Crippen LogP contribution in [0.1, 0.15) is 15.9 Å². The Labute approximate surface area is 169 Å². The molecular formula is C23H22N2O4. The Kier molecular flexibility index (Phi) is 6.47. The molecule has 2 amide bonds. The zero-order valence-electron chi connectivity index (χ0n) is 16.3. The number of ether oxygens (including phenoxy) is 2. The van der Waals surface area contributed by atoms with Crippen LogP contribution in [0.15, 0.2) is 72.8 Å². The molecule has 0 aromatic heterocycles. The van der Waals surface area contributed by atoms with Crippen molar-refractivity contribution in [2.45, 2.75) is 6.92 Å². The molecule has 0 aliphatic heterocycles. The highest BCUT2D eigenvalue weighted by atomic mass is 16.5. The van der Waals surface area contributed by atoms with Crippen LogP contribution < -0.4 is 20.1 Å². The lowest BCUT2D eigenvalue weighted by Crippen LogP contribution is -2.32. The Balaban J connectivity index is 1.49. The Morgan fingerprint density at radius 1 is 0.862 bits per heavy atom. The summed E-state index contributed by atoms with van der Waals surface area (Å²) >= 11 is 0. The summed E-state index contributed by atoms with van der Waals surface area (Å²) in [4.78, 5) is 24.2. The van der Waals surface area contributed by atoms with Crippen LogP contribution in [0.2, 0.25) is 0 Å². The minimum absolute atomic E-state index is 0.133. The number of amides is 2. The first kappa shape index (κ1) is 19.9. The van der Waals surface area contributed by atoms with E-state index in [9.17, 15) is 9.59 Å². The normalized spacial score (nSPS) is 10.1. The Hall–Kier alpha value is -3.80. The van der Waals surface area contributed by atoms with Gasteiger partial charge in [0.05, 0.1) is 13.7 Å². The largest absolute Gasteiger partial charge is 0.497 e. The summed E-state index contributed by atoms with van der Waals surface area (Å²) in [5.41, 5.74) is 2.18. The van der Waals surface area contributed by atoms with Crippen LogP contribution in [0.25, 0.3) is 0 Å². The van der Waals surface area contributed by atoms with Crippen LogP contribution in [-0.4, -0.2) is 25.5 Å². The quantitative estimate of drug-likeness (QED) is 0.635. The lowest BCUT2D eigenvalue weighted by Gasteiger charge is -2.09. The van der Waals surface area contributed by atoms with Crippen LogP contribution in [-0.2, 0) is 4.79 Å². The number of anilines is 1. The van der Waals surface area contributed by atoms with Gasteiger partial charge in [-0.2, -0.15) is 0 Å². The van der Waals surface area contributed by atoms with Crippen molar-refractivity contribution in [3.63, 3.8) is 0 Å². The monoisotopic (exact) mass is 390 g/mol. The van der Waals surface area contributed by atoms with E-state index in [0.717, 1.165) is 11.3 Å². The third-order valence-corrected chi connectivity index (χ3v) is 4.13. The van der Waals surface area contributed by atoms with Crippen molar-refractivity contribution in [1.82, 2.24) is 5.32 Å². The van der Waals surface area contributed by atoms with E-state index in [4.69, 9.17) is 9.47 Å². The van der Waals surface area contributed by atoms with E-state index < -0.39 is 0 Å². The van der Waals surface area contributed by atoms with Gasteiger partial charge in [-0.25, -0.2) is 0 Å². The van der Waals surface area contributed by atoms with Gasteiger partial charge < -0.3 is 20.1 Å². The minimum Gasteiger partial charge on any atom is -0.497 e. The minimum atomic E-state index is -0.329. The Bertz CT molecular complexity index is 983. The molecule has 0 fully saturated rings. The standard InChI is InChI=1S/C23H22N2O4/c1-16-4-3-5-21(14-16)29-20-12-8-18(9-13-20)25-22(26)15-24-23(27)17-6-10-19(28-2)11-7-17/h3-14H,15H2,1-2H3,(H,24,27)(H,25,26). The number of aryl methyl sites for hydroxylation is 1. The molecule has 3 aromatic rings. The fourth-order valence-electron chi connectivity index (χ4n) is 2.63. The molecule has 0 unspecified atom stereocenters.